The Morgan fingerprint density at radius 1 is 0.909 bits per heavy atom. The summed E-state index contributed by atoms with van der Waals surface area (Å²) in [5.74, 6) is 0.789. The number of aliphatic hydroxyl groups excluding tert-OH is 1. The third-order valence-electron chi connectivity index (χ3n) is 7.21. The predicted octanol–water partition coefficient (Wildman–Crippen LogP) is 4.74. The van der Waals surface area contributed by atoms with E-state index < -0.39 is 6.10 Å². The number of likely N-dealkylation sites (tertiary alicyclic amines) is 1. The number of hydrogen-bond donors (Lipinski definition) is 1. The zero-order valence-electron chi connectivity index (χ0n) is 18.1. The van der Waals surface area contributed by atoms with Gasteiger partial charge in [-0.3, -0.25) is 9.69 Å². The molecular weight excluding hydrogens is 457 g/mol. The molecule has 1 N–H and O–H groups in total. The molecule has 0 amide bonds. The van der Waals surface area contributed by atoms with Crippen molar-refractivity contribution in [1.29, 1.82) is 0 Å². The second-order valence-electron chi connectivity index (χ2n) is 9.50. The highest BCUT2D eigenvalue weighted by atomic mass is 35.5. The van der Waals surface area contributed by atoms with Gasteiger partial charge in [0.2, 0.25) is 0 Å². The Balaban J connectivity index is 1.26. The molecule has 2 aliphatic heterocycles. The van der Waals surface area contributed by atoms with Crippen LogP contribution in [0.3, 0.4) is 0 Å². The average Bonchev–Trinajstić information content (AvgIpc) is 3.06. The standard InChI is InChI=1S/C26H25Cl2N3O2/c27-18-4-6-24-21(9-18)22-10-19(28)5-7-25(22)30(24)15-20(32)14-29-11-16-8-17(13-29)23-2-1-3-26(33)31(23)12-16/h1-7,9-10,16-17,20,32H,8,11-15H2/t16-,17-,20-/m1/s1. The van der Waals surface area contributed by atoms with E-state index in [0.29, 0.717) is 35.0 Å². The minimum Gasteiger partial charge on any atom is -0.390 e. The van der Waals surface area contributed by atoms with Crippen LogP contribution in [-0.4, -0.2) is 44.9 Å². The van der Waals surface area contributed by atoms with Gasteiger partial charge in [0.1, 0.15) is 0 Å². The average molecular weight is 482 g/mol. The highest BCUT2D eigenvalue weighted by Gasteiger charge is 2.35. The summed E-state index contributed by atoms with van der Waals surface area (Å²) >= 11 is 12.6. The number of rotatable bonds is 4. The second kappa shape index (κ2) is 8.17. The fourth-order valence-electron chi connectivity index (χ4n) is 5.96. The van der Waals surface area contributed by atoms with Crippen LogP contribution in [-0.2, 0) is 13.1 Å². The lowest BCUT2D eigenvalue weighted by molar-refractivity contribution is 0.0558. The second-order valence-corrected chi connectivity index (χ2v) is 10.4. The largest absolute Gasteiger partial charge is 0.390 e. The Bertz CT molecular complexity index is 1370. The van der Waals surface area contributed by atoms with E-state index in [9.17, 15) is 9.90 Å². The third-order valence-corrected chi connectivity index (χ3v) is 7.68. The molecule has 2 aromatic carbocycles. The van der Waals surface area contributed by atoms with Crippen LogP contribution in [0.25, 0.3) is 21.8 Å². The molecule has 0 aliphatic carbocycles. The highest BCUT2D eigenvalue weighted by molar-refractivity contribution is 6.33. The maximum absolute atomic E-state index is 12.3. The molecule has 3 atom stereocenters. The molecule has 33 heavy (non-hydrogen) atoms. The van der Waals surface area contributed by atoms with E-state index in [4.69, 9.17) is 23.2 Å². The van der Waals surface area contributed by atoms with Gasteiger partial charge in [0.05, 0.1) is 12.6 Å². The maximum Gasteiger partial charge on any atom is 0.250 e. The van der Waals surface area contributed by atoms with Crippen LogP contribution in [0, 0.1) is 5.92 Å². The van der Waals surface area contributed by atoms with Crippen molar-refractivity contribution < 1.29 is 5.11 Å². The lowest BCUT2D eigenvalue weighted by Crippen LogP contribution is -2.49. The summed E-state index contributed by atoms with van der Waals surface area (Å²) < 4.78 is 4.11. The number of nitrogens with zero attached hydrogens (tertiary/aromatic N) is 3. The molecule has 1 fully saturated rings. The van der Waals surface area contributed by atoms with Crippen LogP contribution < -0.4 is 5.56 Å². The van der Waals surface area contributed by atoms with Crippen LogP contribution >= 0.6 is 23.2 Å². The van der Waals surface area contributed by atoms with Crippen LogP contribution in [0.15, 0.2) is 59.4 Å². The molecule has 1 saturated heterocycles. The minimum atomic E-state index is -0.521. The first-order valence-corrected chi connectivity index (χ1v) is 12.2. The van der Waals surface area contributed by atoms with Crippen molar-refractivity contribution in [2.45, 2.75) is 31.5 Å². The van der Waals surface area contributed by atoms with Gasteiger partial charge in [-0.05, 0) is 54.8 Å². The Morgan fingerprint density at radius 3 is 2.30 bits per heavy atom. The molecule has 0 saturated carbocycles. The Kier molecular flexibility index (Phi) is 5.26. The van der Waals surface area contributed by atoms with E-state index in [0.717, 1.165) is 53.6 Å². The molecule has 4 heterocycles. The normalized spacial score (nSPS) is 21.4. The van der Waals surface area contributed by atoms with E-state index in [1.165, 1.54) is 0 Å². The molecule has 6 rings (SSSR count). The van der Waals surface area contributed by atoms with Crippen molar-refractivity contribution in [1.82, 2.24) is 14.0 Å². The number of aliphatic hydroxyl groups is 1. The van der Waals surface area contributed by atoms with Gasteiger partial charge in [-0.25, -0.2) is 0 Å². The molecule has 5 nitrogen and oxygen atoms in total. The minimum absolute atomic E-state index is 0.0993. The lowest BCUT2D eigenvalue weighted by Gasteiger charge is -2.43. The Hall–Kier alpha value is -2.31. The van der Waals surface area contributed by atoms with Crippen molar-refractivity contribution in [2.75, 3.05) is 19.6 Å². The van der Waals surface area contributed by atoms with Crippen molar-refractivity contribution in [3.63, 3.8) is 0 Å². The van der Waals surface area contributed by atoms with Crippen LogP contribution in [0.1, 0.15) is 18.0 Å². The number of pyridine rings is 1. The first-order valence-electron chi connectivity index (χ1n) is 11.4. The molecule has 7 heteroatoms. The van der Waals surface area contributed by atoms with E-state index >= 15 is 0 Å². The molecule has 2 bridgehead atoms. The third kappa shape index (κ3) is 3.77. The van der Waals surface area contributed by atoms with E-state index in [2.05, 4.69) is 15.5 Å². The molecule has 4 aromatic rings. The summed E-state index contributed by atoms with van der Waals surface area (Å²) in [6, 6.07) is 17.3. The first kappa shape index (κ1) is 21.2. The van der Waals surface area contributed by atoms with Gasteiger partial charge < -0.3 is 14.2 Å². The quantitative estimate of drug-likeness (QED) is 0.457. The number of halogens is 2. The zero-order valence-corrected chi connectivity index (χ0v) is 19.6. The van der Waals surface area contributed by atoms with Crippen molar-refractivity contribution in [3.8, 4) is 0 Å². The fourth-order valence-corrected chi connectivity index (χ4v) is 6.30. The number of fused-ring (bicyclic) bond motifs is 7. The molecular formula is C26H25Cl2N3O2. The van der Waals surface area contributed by atoms with Gasteiger partial charge in [-0.15, -0.1) is 0 Å². The first-order chi connectivity index (χ1) is 16.0. The fraction of sp³-hybridized carbons (Fsp3) is 0.346. The zero-order chi connectivity index (χ0) is 22.7. The molecule has 170 valence electrons. The molecule has 0 radical (unpaired) electrons. The summed E-state index contributed by atoms with van der Waals surface area (Å²) in [5.41, 5.74) is 3.32. The number of hydrogen-bond acceptors (Lipinski definition) is 3. The SMILES string of the molecule is O=c1cccc2n1C[C@@H]1C[C@@H]2CN(C[C@@H](O)Cn2c3ccc(Cl)cc3c3cc(Cl)ccc32)C1. The smallest absolute Gasteiger partial charge is 0.250 e. The van der Waals surface area contributed by atoms with E-state index in [1.807, 2.05) is 47.0 Å². The topological polar surface area (TPSA) is 50.4 Å². The lowest BCUT2D eigenvalue weighted by atomic mass is 9.83. The summed E-state index contributed by atoms with van der Waals surface area (Å²) in [6.07, 6.45) is 0.594. The Morgan fingerprint density at radius 2 is 1.61 bits per heavy atom. The van der Waals surface area contributed by atoms with Gasteiger partial charge in [0.15, 0.2) is 0 Å². The van der Waals surface area contributed by atoms with Crippen LogP contribution in [0.5, 0.6) is 0 Å². The van der Waals surface area contributed by atoms with Crippen LogP contribution in [0.2, 0.25) is 10.0 Å². The van der Waals surface area contributed by atoms with Crippen LogP contribution in [0.4, 0.5) is 0 Å². The summed E-state index contributed by atoms with van der Waals surface area (Å²) in [7, 11) is 0. The van der Waals surface area contributed by atoms with Crippen molar-refractivity contribution in [2.24, 2.45) is 5.92 Å². The Labute approximate surface area is 201 Å². The van der Waals surface area contributed by atoms with Gasteiger partial charge in [0, 0.05) is 75.7 Å². The number of β-amino-alcohol motifs (C(OH)–C–C–N with tert-alkyl or cyclic N) is 1. The van der Waals surface area contributed by atoms with Gasteiger partial charge in [-0.1, -0.05) is 29.3 Å². The molecule has 2 aliphatic rings. The monoisotopic (exact) mass is 481 g/mol. The molecule has 2 aromatic heterocycles. The summed E-state index contributed by atoms with van der Waals surface area (Å²) in [5, 5.41) is 14.6. The molecule has 0 unspecified atom stereocenters. The molecule has 0 spiro atoms. The van der Waals surface area contributed by atoms with Crippen molar-refractivity contribution in [3.05, 3.63) is 80.7 Å². The number of benzene rings is 2. The summed E-state index contributed by atoms with van der Waals surface area (Å²) in [6.45, 7) is 3.65. The van der Waals surface area contributed by atoms with E-state index in [-0.39, 0.29) is 5.56 Å². The van der Waals surface area contributed by atoms with Crippen molar-refractivity contribution >= 4 is 45.0 Å². The summed E-state index contributed by atoms with van der Waals surface area (Å²) in [4.78, 5) is 14.6. The van der Waals surface area contributed by atoms with Gasteiger partial charge >= 0.3 is 0 Å². The number of piperidine rings is 1. The van der Waals surface area contributed by atoms with E-state index in [1.54, 1.807) is 6.07 Å². The predicted molar refractivity (Wildman–Crippen MR) is 133 cm³/mol. The number of aromatic nitrogens is 2. The highest BCUT2D eigenvalue weighted by Crippen LogP contribution is 2.36. The maximum atomic E-state index is 12.3. The van der Waals surface area contributed by atoms with Gasteiger partial charge in [-0.2, -0.15) is 0 Å². The van der Waals surface area contributed by atoms with Gasteiger partial charge in [0.25, 0.3) is 5.56 Å².